The third-order valence-electron chi connectivity index (χ3n) is 5.71. The standard InChI is InChI=1S/C22H25N5S/c1-26-15-18(22-20(26)5-4-9-24-22)21(27-11-2-3-12-27)14-25-28-17-7-6-16-8-10-23-19(16)13-17/h4-10,13,15,21,23,25H,2-3,11-12,14H2,1H3. The summed E-state index contributed by atoms with van der Waals surface area (Å²) in [4.78, 5) is 11.8. The second-order valence-corrected chi connectivity index (χ2v) is 8.47. The molecule has 0 aliphatic carbocycles. The Kier molecular flexibility index (Phi) is 4.84. The number of benzene rings is 1. The van der Waals surface area contributed by atoms with E-state index in [0.29, 0.717) is 6.04 Å². The van der Waals surface area contributed by atoms with Gasteiger partial charge in [-0.15, -0.1) is 0 Å². The third kappa shape index (κ3) is 3.32. The van der Waals surface area contributed by atoms with Crippen molar-refractivity contribution in [3.63, 3.8) is 0 Å². The molecule has 1 fully saturated rings. The van der Waals surface area contributed by atoms with Crippen LogP contribution in [0.3, 0.4) is 0 Å². The van der Waals surface area contributed by atoms with Gasteiger partial charge in [0, 0.05) is 48.2 Å². The molecule has 28 heavy (non-hydrogen) atoms. The van der Waals surface area contributed by atoms with Gasteiger partial charge in [0.2, 0.25) is 0 Å². The molecule has 2 N–H and O–H groups in total. The topological polar surface area (TPSA) is 48.9 Å². The van der Waals surface area contributed by atoms with Crippen molar-refractivity contribution in [1.29, 1.82) is 0 Å². The monoisotopic (exact) mass is 391 g/mol. The molecule has 1 saturated heterocycles. The predicted octanol–water partition coefficient (Wildman–Crippen LogP) is 4.49. The van der Waals surface area contributed by atoms with Gasteiger partial charge in [-0.05, 0) is 73.6 Å². The molecule has 144 valence electrons. The highest BCUT2D eigenvalue weighted by molar-refractivity contribution is 7.97. The van der Waals surface area contributed by atoms with Gasteiger partial charge in [0.1, 0.15) is 0 Å². The van der Waals surface area contributed by atoms with Gasteiger partial charge >= 0.3 is 0 Å². The molecule has 1 aliphatic rings. The first-order chi connectivity index (χ1) is 13.8. The first-order valence-electron chi connectivity index (χ1n) is 9.90. The van der Waals surface area contributed by atoms with Crippen LogP contribution in [0.4, 0.5) is 0 Å². The van der Waals surface area contributed by atoms with Crippen molar-refractivity contribution in [2.45, 2.75) is 23.8 Å². The second-order valence-electron chi connectivity index (χ2n) is 7.50. The predicted molar refractivity (Wildman–Crippen MR) is 116 cm³/mol. The molecule has 4 heterocycles. The maximum absolute atomic E-state index is 4.70. The Labute approximate surface area is 169 Å². The SMILES string of the molecule is Cn1cc(C(CNSc2ccc3cc[nH]c3c2)N2CCCC2)c2ncccc21. The zero-order chi connectivity index (χ0) is 18.9. The van der Waals surface area contributed by atoms with Crippen molar-refractivity contribution < 1.29 is 0 Å². The minimum absolute atomic E-state index is 0.336. The molecule has 1 aromatic carbocycles. The van der Waals surface area contributed by atoms with E-state index in [2.05, 4.69) is 62.7 Å². The number of hydrogen-bond acceptors (Lipinski definition) is 4. The number of aryl methyl sites for hydroxylation is 1. The van der Waals surface area contributed by atoms with Gasteiger partial charge in [-0.25, -0.2) is 0 Å². The number of rotatable bonds is 6. The summed E-state index contributed by atoms with van der Waals surface area (Å²) in [5, 5.41) is 1.25. The molecule has 1 unspecified atom stereocenters. The van der Waals surface area contributed by atoms with E-state index in [1.807, 2.05) is 18.5 Å². The van der Waals surface area contributed by atoms with Crippen LogP contribution in [0.2, 0.25) is 0 Å². The van der Waals surface area contributed by atoms with Crippen LogP contribution in [0.15, 0.2) is 59.9 Å². The van der Waals surface area contributed by atoms with Gasteiger partial charge in [-0.2, -0.15) is 0 Å². The lowest BCUT2D eigenvalue weighted by Crippen LogP contribution is -2.32. The normalized spacial score (nSPS) is 16.3. The van der Waals surface area contributed by atoms with Gasteiger partial charge in [0.05, 0.1) is 17.1 Å². The molecule has 6 heteroatoms. The number of hydrogen-bond donors (Lipinski definition) is 2. The van der Waals surface area contributed by atoms with E-state index < -0.39 is 0 Å². The number of pyridine rings is 1. The van der Waals surface area contributed by atoms with Gasteiger partial charge < -0.3 is 9.55 Å². The molecular weight excluding hydrogens is 366 g/mol. The van der Waals surface area contributed by atoms with Gasteiger partial charge in [0.25, 0.3) is 0 Å². The van der Waals surface area contributed by atoms with Crippen molar-refractivity contribution in [2.24, 2.45) is 7.05 Å². The lowest BCUT2D eigenvalue weighted by atomic mass is 10.1. The highest BCUT2D eigenvalue weighted by Gasteiger charge is 2.26. The lowest BCUT2D eigenvalue weighted by molar-refractivity contribution is 0.249. The molecule has 4 aromatic rings. The Morgan fingerprint density at radius 2 is 2.11 bits per heavy atom. The van der Waals surface area contributed by atoms with Crippen molar-refractivity contribution >= 4 is 33.9 Å². The molecule has 5 nitrogen and oxygen atoms in total. The zero-order valence-electron chi connectivity index (χ0n) is 16.1. The van der Waals surface area contributed by atoms with Crippen LogP contribution in [0.1, 0.15) is 24.4 Å². The van der Waals surface area contributed by atoms with Gasteiger partial charge in [0.15, 0.2) is 0 Å². The number of aromatic nitrogens is 3. The Bertz CT molecular complexity index is 1090. The van der Waals surface area contributed by atoms with Crippen molar-refractivity contribution in [3.8, 4) is 0 Å². The van der Waals surface area contributed by atoms with E-state index in [4.69, 9.17) is 4.98 Å². The minimum Gasteiger partial charge on any atom is -0.361 e. The second kappa shape index (κ2) is 7.62. The summed E-state index contributed by atoms with van der Waals surface area (Å²) >= 11 is 1.71. The van der Waals surface area contributed by atoms with Crippen LogP contribution in [0.5, 0.6) is 0 Å². The van der Waals surface area contributed by atoms with Crippen LogP contribution >= 0.6 is 11.9 Å². The average molecular weight is 392 g/mol. The van der Waals surface area contributed by atoms with E-state index in [1.165, 1.54) is 39.7 Å². The van der Waals surface area contributed by atoms with E-state index in [9.17, 15) is 0 Å². The summed E-state index contributed by atoms with van der Waals surface area (Å²) in [6.45, 7) is 3.21. The first kappa shape index (κ1) is 17.8. The molecule has 0 saturated carbocycles. The average Bonchev–Trinajstić information content (AvgIpc) is 3.46. The lowest BCUT2D eigenvalue weighted by Gasteiger charge is -2.27. The van der Waals surface area contributed by atoms with E-state index >= 15 is 0 Å². The minimum atomic E-state index is 0.336. The van der Waals surface area contributed by atoms with Crippen molar-refractivity contribution in [2.75, 3.05) is 19.6 Å². The third-order valence-corrected chi connectivity index (χ3v) is 6.51. The number of nitrogens with zero attached hydrogens (tertiary/aromatic N) is 3. The molecule has 0 spiro atoms. The fourth-order valence-corrected chi connectivity index (χ4v) is 4.99. The molecular formula is C22H25N5S. The number of likely N-dealkylation sites (tertiary alicyclic amines) is 1. The Balaban J connectivity index is 1.37. The van der Waals surface area contributed by atoms with Crippen LogP contribution in [-0.4, -0.2) is 39.1 Å². The quantitative estimate of drug-likeness (QED) is 0.476. The largest absolute Gasteiger partial charge is 0.361 e. The highest BCUT2D eigenvalue weighted by Crippen LogP contribution is 2.31. The maximum Gasteiger partial charge on any atom is 0.0929 e. The molecule has 3 aromatic heterocycles. The summed E-state index contributed by atoms with van der Waals surface area (Å²) in [6.07, 6.45) is 8.72. The summed E-state index contributed by atoms with van der Waals surface area (Å²) in [5.74, 6) is 0. The zero-order valence-corrected chi connectivity index (χ0v) is 16.9. The molecule has 0 bridgehead atoms. The fraction of sp³-hybridized carbons (Fsp3) is 0.318. The summed E-state index contributed by atoms with van der Waals surface area (Å²) in [6, 6.07) is 13.2. The molecule has 0 radical (unpaired) electrons. The van der Waals surface area contributed by atoms with Crippen LogP contribution in [0.25, 0.3) is 21.9 Å². The highest BCUT2D eigenvalue weighted by atomic mass is 32.2. The number of nitrogens with one attached hydrogen (secondary N) is 2. The van der Waals surface area contributed by atoms with Gasteiger partial charge in [-0.1, -0.05) is 6.07 Å². The summed E-state index contributed by atoms with van der Waals surface area (Å²) < 4.78 is 5.83. The fourth-order valence-electron chi connectivity index (χ4n) is 4.27. The van der Waals surface area contributed by atoms with Crippen LogP contribution < -0.4 is 4.72 Å². The number of fused-ring (bicyclic) bond motifs is 2. The molecule has 1 aliphatic heterocycles. The summed E-state index contributed by atoms with van der Waals surface area (Å²) in [5.41, 5.74) is 4.84. The smallest absolute Gasteiger partial charge is 0.0929 e. The first-order valence-corrected chi connectivity index (χ1v) is 10.7. The Morgan fingerprint density at radius 1 is 1.21 bits per heavy atom. The van der Waals surface area contributed by atoms with Crippen molar-refractivity contribution in [1.82, 2.24) is 24.2 Å². The van der Waals surface area contributed by atoms with E-state index in [-0.39, 0.29) is 0 Å². The molecule has 5 rings (SSSR count). The van der Waals surface area contributed by atoms with E-state index in [1.54, 1.807) is 11.9 Å². The Hall–Kier alpha value is -2.28. The van der Waals surface area contributed by atoms with Gasteiger partial charge in [-0.3, -0.25) is 14.6 Å². The Morgan fingerprint density at radius 3 is 3.00 bits per heavy atom. The van der Waals surface area contributed by atoms with Crippen molar-refractivity contribution in [3.05, 3.63) is 60.6 Å². The van der Waals surface area contributed by atoms with Crippen LogP contribution in [-0.2, 0) is 7.05 Å². The summed E-state index contributed by atoms with van der Waals surface area (Å²) in [7, 11) is 2.11. The number of aromatic amines is 1. The molecule has 0 amide bonds. The van der Waals surface area contributed by atoms with Crippen LogP contribution in [0, 0.1) is 0 Å². The number of H-pyrrole nitrogens is 1. The molecule has 1 atom stereocenters. The van der Waals surface area contributed by atoms with E-state index in [0.717, 1.165) is 25.2 Å². The maximum atomic E-state index is 4.70.